The molecular formula is C24H28N4O3. The van der Waals surface area contributed by atoms with Gasteiger partial charge in [-0.1, -0.05) is 18.2 Å². The highest BCUT2D eigenvalue weighted by Gasteiger charge is 2.39. The van der Waals surface area contributed by atoms with Gasteiger partial charge in [-0.25, -0.2) is 9.78 Å². The maximum atomic E-state index is 13.2. The lowest BCUT2D eigenvalue weighted by atomic mass is 10.0. The first-order valence-corrected chi connectivity index (χ1v) is 10.5. The quantitative estimate of drug-likeness (QED) is 0.613. The number of esters is 1. The molecule has 7 nitrogen and oxygen atoms in total. The van der Waals surface area contributed by atoms with E-state index in [1.165, 1.54) is 28.7 Å². The van der Waals surface area contributed by atoms with Crippen molar-refractivity contribution in [1.29, 1.82) is 0 Å². The zero-order valence-corrected chi connectivity index (χ0v) is 18.6. The fourth-order valence-corrected chi connectivity index (χ4v) is 4.15. The summed E-state index contributed by atoms with van der Waals surface area (Å²) in [6.45, 7) is 9.34. The Morgan fingerprint density at radius 3 is 2.55 bits per heavy atom. The van der Waals surface area contributed by atoms with E-state index < -0.39 is 6.04 Å². The minimum Gasteiger partial charge on any atom is -0.467 e. The summed E-state index contributed by atoms with van der Waals surface area (Å²) in [5.41, 5.74) is 6.94. The van der Waals surface area contributed by atoms with Gasteiger partial charge in [0.25, 0.3) is 5.91 Å². The van der Waals surface area contributed by atoms with Gasteiger partial charge >= 0.3 is 5.97 Å². The summed E-state index contributed by atoms with van der Waals surface area (Å²) in [7, 11) is 1.34. The third kappa shape index (κ3) is 3.65. The molecule has 0 spiro atoms. The van der Waals surface area contributed by atoms with Crippen LogP contribution in [0.25, 0.3) is 10.9 Å². The molecule has 0 aliphatic carbocycles. The van der Waals surface area contributed by atoms with Crippen LogP contribution in [0.5, 0.6) is 0 Å². The van der Waals surface area contributed by atoms with Gasteiger partial charge in [0.1, 0.15) is 11.7 Å². The molecule has 162 valence electrons. The molecule has 0 radical (unpaired) electrons. The number of nitrogens with zero attached hydrogens (tertiary/aromatic N) is 2. The molecule has 2 N–H and O–H groups in total. The maximum absolute atomic E-state index is 13.2. The van der Waals surface area contributed by atoms with E-state index in [1.54, 1.807) is 0 Å². The lowest BCUT2D eigenvalue weighted by Gasteiger charge is -2.38. The summed E-state index contributed by atoms with van der Waals surface area (Å²) in [4.78, 5) is 34.7. The molecular weight excluding hydrogens is 392 g/mol. The molecule has 1 amide bonds. The van der Waals surface area contributed by atoms with E-state index in [-0.39, 0.29) is 11.9 Å². The molecule has 1 saturated heterocycles. The largest absolute Gasteiger partial charge is 0.467 e. The van der Waals surface area contributed by atoms with Crippen molar-refractivity contribution in [3.8, 4) is 0 Å². The summed E-state index contributed by atoms with van der Waals surface area (Å²) in [5, 5.41) is 4.39. The lowest BCUT2D eigenvalue weighted by Crippen LogP contribution is -2.55. The summed E-state index contributed by atoms with van der Waals surface area (Å²) < 4.78 is 4.83. The Balaban J connectivity index is 1.70. The number of H-pyrrole nitrogens is 1. The zero-order valence-electron chi connectivity index (χ0n) is 18.6. The number of anilines is 1. The smallest absolute Gasteiger partial charge is 0.328 e. The van der Waals surface area contributed by atoms with Gasteiger partial charge in [-0.05, 0) is 62.4 Å². The Hall–Kier alpha value is -3.35. The Morgan fingerprint density at radius 1 is 1.23 bits per heavy atom. The molecule has 31 heavy (non-hydrogen) atoms. The first kappa shape index (κ1) is 20.9. The van der Waals surface area contributed by atoms with E-state index in [4.69, 9.17) is 4.74 Å². The van der Waals surface area contributed by atoms with Gasteiger partial charge in [-0.2, -0.15) is 0 Å². The predicted molar refractivity (Wildman–Crippen MR) is 120 cm³/mol. The molecule has 2 aromatic heterocycles. The third-order valence-electron chi connectivity index (χ3n) is 6.35. The van der Waals surface area contributed by atoms with E-state index in [0.717, 1.165) is 22.2 Å². The van der Waals surface area contributed by atoms with E-state index in [1.807, 2.05) is 26.0 Å². The first-order valence-electron chi connectivity index (χ1n) is 10.5. The molecule has 1 aromatic carbocycles. The normalized spacial score (nSPS) is 15.6. The number of methoxy groups -OCH3 is 1. The SMILES string of the molecule is COC(=O)C1CCN1C(=O)c1cc2c(C)c(C)[nH]c2c(NCc2c(C)cccc2C)n1. The number of ether oxygens (including phenoxy) is 1. The number of benzene rings is 1. The van der Waals surface area contributed by atoms with Crippen molar-refractivity contribution in [3.63, 3.8) is 0 Å². The number of aryl methyl sites for hydroxylation is 4. The number of hydrogen-bond acceptors (Lipinski definition) is 5. The molecule has 4 rings (SSSR count). The standard InChI is InChI=1S/C24H28N4O3/c1-13-7-6-8-14(2)18(13)12-25-22-21-17(15(3)16(4)26-21)11-19(27-22)23(29)28-10-9-20(28)24(30)31-5/h6-8,11,20,26H,9-10,12H2,1-5H3,(H,25,27). The minimum absolute atomic E-state index is 0.253. The van der Waals surface area contributed by atoms with Crippen LogP contribution in [0.1, 0.15) is 44.9 Å². The van der Waals surface area contributed by atoms with Crippen LogP contribution in [-0.4, -0.2) is 46.4 Å². The lowest BCUT2D eigenvalue weighted by molar-refractivity contribution is -0.149. The van der Waals surface area contributed by atoms with E-state index in [9.17, 15) is 9.59 Å². The number of pyridine rings is 1. The summed E-state index contributed by atoms with van der Waals surface area (Å²) in [5.74, 6) is -0.00510. The van der Waals surface area contributed by atoms with E-state index in [0.29, 0.717) is 31.0 Å². The first-order chi connectivity index (χ1) is 14.8. The zero-order chi connectivity index (χ0) is 22.3. The second kappa shape index (κ2) is 8.06. The Labute approximate surface area is 181 Å². The van der Waals surface area contributed by atoms with Gasteiger partial charge in [0.05, 0.1) is 12.6 Å². The molecule has 1 unspecified atom stereocenters. The molecule has 0 bridgehead atoms. The summed E-state index contributed by atoms with van der Waals surface area (Å²) in [6.07, 6.45) is 0.612. The number of likely N-dealkylation sites (tertiary alicyclic amines) is 1. The molecule has 3 heterocycles. The number of amides is 1. The number of rotatable bonds is 5. The van der Waals surface area contributed by atoms with Crippen LogP contribution < -0.4 is 5.32 Å². The van der Waals surface area contributed by atoms with Crippen molar-refractivity contribution >= 4 is 28.6 Å². The van der Waals surface area contributed by atoms with Gasteiger partial charge < -0.3 is 19.9 Å². The highest BCUT2D eigenvalue weighted by atomic mass is 16.5. The van der Waals surface area contributed by atoms with Crippen LogP contribution in [-0.2, 0) is 16.1 Å². The molecule has 0 saturated carbocycles. The van der Waals surface area contributed by atoms with Gasteiger partial charge in [0, 0.05) is 24.2 Å². The van der Waals surface area contributed by atoms with Crippen LogP contribution >= 0.6 is 0 Å². The van der Waals surface area contributed by atoms with Crippen LogP contribution in [0.2, 0.25) is 0 Å². The molecule has 1 fully saturated rings. The maximum Gasteiger partial charge on any atom is 0.328 e. The van der Waals surface area contributed by atoms with Crippen LogP contribution in [0.15, 0.2) is 24.3 Å². The topological polar surface area (TPSA) is 87.3 Å². The highest BCUT2D eigenvalue weighted by molar-refractivity contribution is 6.02. The van der Waals surface area contributed by atoms with E-state index in [2.05, 4.69) is 41.3 Å². The molecule has 3 aromatic rings. The third-order valence-corrected chi connectivity index (χ3v) is 6.35. The molecule has 1 aliphatic rings. The van der Waals surface area contributed by atoms with Crippen molar-refractivity contribution < 1.29 is 14.3 Å². The predicted octanol–water partition coefficient (Wildman–Crippen LogP) is 3.80. The van der Waals surface area contributed by atoms with Crippen molar-refractivity contribution in [2.45, 2.75) is 46.7 Å². The average Bonchev–Trinajstić information content (AvgIpc) is 3.00. The van der Waals surface area contributed by atoms with Gasteiger partial charge in [0.2, 0.25) is 0 Å². The fraction of sp³-hybridized carbons (Fsp3) is 0.375. The number of carbonyl (C=O) groups excluding carboxylic acids is 2. The van der Waals surface area contributed by atoms with Gasteiger partial charge in [0.15, 0.2) is 5.82 Å². The average molecular weight is 421 g/mol. The number of aromatic nitrogens is 2. The van der Waals surface area contributed by atoms with Crippen LogP contribution in [0.3, 0.4) is 0 Å². The summed E-state index contributed by atoms with van der Waals surface area (Å²) >= 11 is 0. The minimum atomic E-state index is -0.532. The number of fused-ring (bicyclic) bond motifs is 1. The fourth-order valence-electron chi connectivity index (χ4n) is 4.15. The molecule has 1 atom stereocenters. The number of hydrogen-bond donors (Lipinski definition) is 2. The van der Waals surface area contributed by atoms with Crippen molar-refractivity contribution in [2.75, 3.05) is 19.0 Å². The Kier molecular flexibility index (Phi) is 5.43. The molecule has 1 aliphatic heterocycles. The van der Waals surface area contributed by atoms with Crippen LogP contribution in [0.4, 0.5) is 5.82 Å². The number of aromatic amines is 1. The van der Waals surface area contributed by atoms with E-state index >= 15 is 0 Å². The van der Waals surface area contributed by atoms with Gasteiger partial charge in [-0.3, -0.25) is 4.79 Å². The highest BCUT2D eigenvalue weighted by Crippen LogP contribution is 2.30. The Morgan fingerprint density at radius 2 is 1.94 bits per heavy atom. The summed E-state index contributed by atoms with van der Waals surface area (Å²) in [6, 6.07) is 7.51. The second-order valence-electron chi connectivity index (χ2n) is 8.20. The van der Waals surface area contributed by atoms with Crippen LogP contribution in [0, 0.1) is 27.7 Å². The number of carbonyl (C=O) groups is 2. The Bertz CT molecular complexity index is 1160. The van der Waals surface area contributed by atoms with Gasteiger partial charge in [-0.15, -0.1) is 0 Å². The van der Waals surface area contributed by atoms with Crippen molar-refractivity contribution in [2.24, 2.45) is 0 Å². The number of nitrogens with one attached hydrogen (secondary N) is 2. The second-order valence-corrected chi connectivity index (χ2v) is 8.20. The monoisotopic (exact) mass is 420 g/mol. The van der Waals surface area contributed by atoms with Crippen molar-refractivity contribution in [1.82, 2.24) is 14.9 Å². The molecule has 7 heteroatoms. The van der Waals surface area contributed by atoms with Crippen molar-refractivity contribution in [3.05, 3.63) is 57.9 Å².